The van der Waals surface area contributed by atoms with E-state index in [0.717, 1.165) is 0 Å². The molecule has 0 atom stereocenters. The van der Waals surface area contributed by atoms with E-state index in [-0.39, 0.29) is 24.2 Å². The number of esters is 1. The highest BCUT2D eigenvalue weighted by atomic mass is 16.5. The maximum atomic E-state index is 11.5. The Morgan fingerprint density at radius 1 is 1.43 bits per heavy atom. The summed E-state index contributed by atoms with van der Waals surface area (Å²) >= 11 is 0. The summed E-state index contributed by atoms with van der Waals surface area (Å²) in [5.41, 5.74) is 0.134. The van der Waals surface area contributed by atoms with Gasteiger partial charge in [-0.25, -0.2) is 4.79 Å². The predicted molar refractivity (Wildman–Crippen MR) is 73.0 cm³/mol. The molecule has 0 aliphatic rings. The molecule has 0 spiro atoms. The minimum atomic E-state index is -0.512. The molecule has 0 fully saturated rings. The fourth-order valence-corrected chi connectivity index (χ4v) is 1.58. The SMILES string of the molecule is CCOC(=O)c1coc(N(C)Cc2noc(C(C)C)n2)n1. The van der Waals surface area contributed by atoms with Gasteiger partial charge in [0.2, 0.25) is 5.89 Å². The third-order valence-electron chi connectivity index (χ3n) is 2.66. The van der Waals surface area contributed by atoms with Crippen LogP contribution >= 0.6 is 0 Å². The van der Waals surface area contributed by atoms with Crippen molar-refractivity contribution in [1.82, 2.24) is 15.1 Å². The molecular formula is C13H18N4O4. The van der Waals surface area contributed by atoms with E-state index in [2.05, 4.69) is 15.1 Å². The van der Waals surface area contributed by atoms with Gasteiger partial charge in [-0.2, -0.15) is 9.97 Å². The van der Waals surface area contributed by atoms with Crippen LogP contribution < -0.4 is 4.90 Å². The monoisotopic (exact) mass is 294 g/mol. The number of oxazole rings is 1. The first-order valence-electron chi connectivity index (χ1n) is 6.67. The van der Waals surface area contributed by atoms with Crippen LogP contribution in [0.2, 0.25) is 0 Å². The van der Waals surface area contributed by atoms with Gasteiger partial charge in [0.25, 0.3) is 6.01 Å². The van der Waals surface area contributed by atoms with Crippen molar-refractivity contribution in [3.63, 3.8) is 0 Å². The topological polar surface area (TPSA) is 94.5 Å². The highest BCUT2D eigenvalue weighted by Crippen LogP contribution is 2.16. The molecule has 8 nitrogen and oxygen atoms in total. The summed E-state index contributed by atoms with van der Waals surface area (Å²) in [5, 5.41) is 3.89. The lowest BCUT2D eigenvalue weighted by molar-refractivity contribution is 0.0519. The van der Waals surface area contributed by atoms with E-state index in [9.17, 15) is 4.79 Å². The first-order chi connectivity index (χ1) is 10.0. The Morgan fingerprint density at radius 2 is 2.19 bits per heavy atom. The van der Waals surface area contributed by atoms with Crippen LogP contribution in [-0.2, 0) is 11.3 Å². The molecule has 0 amide bonds. The van der Waals surface area contributed by atoms with Crippen LogP contribution in [0.4, 0.5) is 6.01 Å². The smallest absolute Gasteiger partial charge is 0.360 e. The van der Waals surface area contributed by atoms with Crippen LogP contribution in [0, 0.1) is 0 Å². The normalized spacial score (nSPS) is 10.9. The van der Waals surface area contributed by atoms with Crippen molar-refractivity contribution in [1.29, 1.82) is 0 Å². The van der Waals surface area contributed by atoms with E-state index < -0.39 is 5.97 Å². The number of aromatic nitrogens is 3. The van der Waals surface area contributed by atoms with E-state index in [1.807, 2.05) is 13.8 Å². The first-order valence-corrected chi connectivity index (χ1v) is 6.67. The molecular weight excluding hydrogens is 276 g/mol. The number of carbonyl (C=O) groups excluding carboxylic acids is 1. The average molecular weight is 294 g/mol. The van der Waals surface area contributed by atoms with Crippen LogP contribution in [0.15, 0.2) is 15.2 Å². The maximum Gasteiger partial charge on any atom is 0.360 e. The van der Waals surface area contributed by atoms with E-state index in [1.165, 1.54) is 6.26 Å². The molecule has 0 aliphatic carbocycles. The Balaban J connectivity index is 2.02. The minimum absolute atomic E-state index is 0.134. The number of ether oxygens (including phenoxy) is 1. The molecule has 0 saturated carbocycles. The lowest BCUT2D eigenvalue weighted by Crippen LogP contribution is -2.18. The van der Waals surface area contributed by atoms with Gasteiger partial charge in [0, 0.05) is 13.0 Å². The van der Waals surface area contributed by atoms with Crippen LogP contribution in [-0.4, -0.2) is 34.7 Å². The standard InChI is InChI=1S/C13H18N4O4/c1-5-19-12(18)9-7-20-13(14-9)17(4)6-10-15-11(8(2)3)21-16-10/h7-8H,5-6H2,1-4H3. The number of rotatable bonds is 6. The second kappa shape index (κ2) is 6.38. The largest absolute Gasteiger partial charge is 0.461 e. The molecule has 0 bridgehead atoms. The van der Waals surface area contributed by atoms with Crippen LogP contribution in [0.3, 0.4) is 0 Å². The first kappa shape index (κ1) is 15.0. The zero-order valence-corrected chi connectivity index (χ0v) is 12.5. The van der Waals surface area contributed by atoms with Crippen molar-refractivity contribution >= 4 is 12.0 Å². The summed E-state index contributed by atoms with van der Waals surface area (Å²) in [6.07, 6.45) is 1.26. The van der Waals surface area contributed by atoms with Gasteiger partial charge >= 0.3 is 5.97 Å². The van der Waals surface area contributed by atoms with Crippen LogP contribution in [0.5, 0.6) is 0 Å². The summed E-state index contributed by atoms with van der Waals surface area (Å²) in [7, 11) is 1.76. The van der Waals surface area contributed by atoms with Crippen molar-refractivity contribution in [2.24, 2.45) is 0 Å². The number of anilines is 1. The van der Waals surface area contributed by atoms with Crippen LogP contribution in [0.25, 0.3) is 0 Å². The molecule has 2 aromatic heterocycles. The highest BCUT2D eigenvalue weighted by molar-refractivity contribution is 5.87. The number of carbonyl (C=O) groups is 1. The summed E-state index contributed by atoms with van der Waals surface area (Å²) in [4.78, 5) is 21.5. The van der Waals surface area contributed by atoms with Gasteiger partial charge in [0.1, 0.15) is 6.26 Å². The fourth-order valence-electron chi connectivity index (χ4n) is 1.58. The fraction of sp³-hybridized carbons (Fsp3) is 0.538. The van der Waals surface area contributed by atoms with E-state index in [1.54, 1.807) is 18.9 Å². The molecule has 0 radical (unpaired) electrons. The maximum absolute atomic E-state index is 11.5. The molecule has 114 valence electrons. The van der Waals surface area contributed by atoms with Gasteiger partial charge in [-0.3, -0.25) is 0 Å². The lowest BCUT2D eigenvalue weighted by Gasteiger charge is -2.10. The quantitative estimate of drug-likeness (QED) is 0.746. The number of hydrogen-bond donors (Lipinski definition) is 0. The Bertz CT molecular complexity index is 605. The number of hydrogen-bond acceptors (Lipinski definition) is 8. The molecule has 2 aromatic rings. The van der Waals surface area contributed by atoms with Gasteiger partial charge < -0.3 is 18.6 Å². The molecule has 0 unspecified atom stereocenters. The molecule has 21 heavy (non-hydrogen) atoms. The van der Waals surface area contributed by atoms with Crippen molar-refractivity contribution in [3.05, 3.63) is 23.7 Å². The summed E-state index contributed by atoms with van der Waals surface area (Å²) < 4.78 is 15.2. The Hall–Kier alpha value is -2.38. The van der Waals surface area contributed by atoms with Gasteiger partial charge in [-0.05, 0) is 6.92 Å². The molecule has 0 aromatic carbocycles. The zero-order valence-electron chi connectivity index (χ0n) is 12.5. The molecule has 8 heteroatoms. The van der Waals surface area contributed by atoms with Crippen molar-refractivity contribution in [3.8, 4) is 0 Å². The second-order valence-corrected chi connectivity index (χ2v) is 4.80. The lowest BCUT2D eigenvalue weighted by atomic mass is 10.2. The predicted octanol–water partition coefficient (Wildman–Crippen LogP) is 1.99. The molecule has 0 saturated heterocycles. The van der Waals surface area contributed by atoms with Crippen molar-refractivity contribution in [2.75, 3.05) is 18.6 Å². The Morgan fingerprint density at radius 3 is 2.81 bits per heavy atom. The third kappa shape index (κ3) is 3.59. The Labute approximate surface area is 122 Å². The zero-order chi connectivity index (χ0) is 15.4. The molecule has 0 aliphatic heterocycles. The summed E-state index contributed by atoms with van der Waals surface area (Å²) in [6.45, 7) is 6.33. The summed E-state index contributed by atoms with van der Waals surface area (Å²) in [5.74, 6) is 0.770. The van der Waals surface area contributed by atoms with E-state index in [4.69, 9.17) is 13.7 Å². The van der Waals surface area contributed by atoms with Gasteiger partial charge in [0.15, 0.2) is 11.5 Å². The minimum Gasteiger partial charge on any atom is -0.461 e. The average Bonchev–Trinajstić information content (AvgIpc) is 3.07. The molecule has 2 rings (SSSR count). The van der Waals surface area contributed by atoms with Gasteiger partial charge in [0.05, 0.1) is 13.2 Å². The van der Waals surface area contributed by atoms with Gasteiger partial charge in [-0.15, -0.1) is 0 Å². The molecule has 0 N–H and O–H groups in total. The van der Waals surface area contributed by atoms with E-state index >= 15 is 0 Å². The Kier molecular flexibility index (Phi) is 4.56. The van der Waals surface area contributed by atoms with Crippen molar-refractivity contribution in [2.45, 2.75) is 33.2 Å². The van der Waals surface area contributed by atoms with Crippen LogP contribution in [0.1, 0.15) is 48.9 Å². The van der Waals surface area contributed by atoms with Gasteiger partial charge in [-0.1, -0.05) is 19.0 Å². The highest BCUT2D eigenvalue weighted by Gasteiger charge is 2.18. The van der Waals surface area contributed by atoms with Crippen molar-refractivity contribution < 1.29 is 18.5 Å². The summed E-state index contributed by atoms with van der Waals surface area (Å²) in [6, 6.07) is 0.286. The second-order valence-electron chi connectivity index (χ2n) is 4.80. The third-order valence-corrected chi connectivity index (χ3v) is 2.66. The molecule has 2 heterocycles. The van der Waals surface area contributed by atoms with E-state index in [0.29, 0.717) is 18.3 Å². The number of nitrogens with zero attached hydrogens (tertiary/aromatic N) is 4.